The molecule has 2 aliphatic rings. The number of piperidine rings is 1. The standard InChI is InChI=1S/C31H31FN4O3S/c1-20-4-5-23(18-21(20)2)28-29(40-19-27(37)33-25-10-12-26(39-3)13-11-25)35-31(34-28)14-16-36(17-15-31)30(38)22-6-8-24(32)9-7-22/h4-13,18H,14-17,19H2,1-3H3,(H,33,37). The van der Waals surface area contributed by atoms with Crippen molar-refractivity contribution in [2.45, 2.75) is 32.4 Å². The molecule has 0 aliphatic carbocycles. The number of nitrogens with one attached hydrogen (secondary N) is 1. The first-order valence-electron chi connectivity index (χ1n) is 13.1. The van der Waals surface area contributed by atoms with Gasteiger partial charge < -0.3 is 15.0 Å². The molecule has 0 atom stereocenters. The van der Waals surface area contributed by atoms with Crippen molar-refractivity contribution in [3.63, 3.8) is 0 Å². The van der Waals surface area contributed by atoms with E-state index in [-0.39, 0.29) is 23.4 Å². The topological polar surface area (TPSA) is 83.4 Å². The monoisotopic (exact) mass is 558 g/mol. The minimum Gasteiger partial charge on any atom is -0.497 e. The number of nitrogens with zero attached hydrogens (tertiary/aromatic N) is 3. The average molecular weight is 559 g/mol. The van der Waals surface area contributed by atoms with Crippen molar-refractivity contribution >= 4 is 40.0 Å². The number of thioether (sulfide) groups is 1. The first-order chi connectivity index (χ1) is 19.2. The minimum absolute atomic E-state index is 0.125. The Hall–Kier alpha value is -3.98. The Morgan fingerprint density at radius 1 is 0.975 bits per heavy atom. The molecule has 0 aromatic heterocycles. The van der Waals surface area contributed by atoms with Crippen LogP contribution in [0, 0.1) is 19.7 Å². The Bertz CT molecular complexity index is 1480. The number of ether oxygens (including phenoxy) is 1. The molecular weight excluding hydrogens is 527 g/mol. The van der Waals surface area contributed by atoms with Gasteiger partial charge in [0.15, 0.2) is 5.66 Å². The van der Waals surface area contributed by atoms with Gasteiger partial charge in [-0.3, -0.25) is 14.6 Å². The molecule has 2 amide bonds. The molecule has 9 heteroatoms. The van der Waals surface area contributed by atoms with Crippen molar-refractivity contribution in [3.8, 4) is 5.75 Å². The van der Waals surface area contributed by atoms with Crippen LogP contribution in [0.2, 0.25) is 0 Å². The quantitative estimate of drug-likeness (QED) is 0.424. The highest BCUT2D eigenvalue weighted by Crippen LogP contribution is 2.36. The van der Waals surface area contributed by atoms with Crippen molar-refractivity contribution in [2.75, 3.05) is 31.3 Å². The molecule has 1 fully saturated rings. The van der Waals surface area contributed by atoms with E-state index in [0.29, 0.717) is 37.2 Å². The molecule has 1 spiro atoms. The number of methoxy groups -OCH3 is 1. The van der Waals surface area contributed by atoms with Gasteiger partial charge >= 0.3 is 0 Å². The lowest BCUT2D eigenvalue weighted by Crippen LogP contribution is -2.44. The van der Waals surface area contributed by atoms with E-state index in [1.807, 2.05) is 6.07 Å². The molecule has 0 saturated carbocycles. The number of aliphatic imine (C=N–C) groups is 2. The normalized spacial score (nSPS) is 15.9. The van der Waals surface area contributed by atoms with E-state index >= 15 is 0 Å². The van der Waals surface area contributed by atoms with Crippen LogP contribution in [-0.2, 0) is 4.79 Å². The number of anilines is 1. The van der Waals surface area contributed by atoms with Gasteiger partial charge in [-0.1, -0.05) is 23.9 Å². The summed E-state index contributed by atoms with van der Waals surface area (Å²) in [6.45, 7) is 5.10. The lowest BCUT2D eigenvalue weighted by molar-refractivity contribution is -0.113. The van der Waals surface area contributed by atoms with Crippen molar-refractivity contribution in [1.82, 2.24) is 4.90 Å². The second kappa shape index (κ2) is 11.6. The zero-order valence-corrected chi connectivity index (χ0v) is 23.6. The summed E-state index contributed by atoms with van der Waals surface area (Å²) in [5.41, 5.74) is 4.57. The number of rotatable bonds is 6. The molecule has 0 radical (unpaired) electrons. The summed E-state index contributed by atoms with van der Waals surface area (Å²) in [6, 6.07) is 19.0. The lowest BCUT2D eigenvalue weighted by atomic mass is 9.97. The molecule has 5 rings (SSSR count). The third kappa shape index (κ3) is 6.09. The van der Waals surface area contributed by atoms with E-state index in [9.17, 15) is 14.0 Å². The van der Waals surface area contributed by atoms with E-state index in [0.717, 1.165) is 27.6 Å². The van der Waals surface area contributed by atoms with Crippen molar-refractivity contribution < 1.29 is 18.7 Å². The number of benzene rings is 3. The zero-order valence-electron chi connectivity index (χ0n) is 22.7. The smallest absolute Gasteiger partial charge is 0.253 e. The van der Waals surface area contributed by atoms with Crippen LogP contribution in [0.4, 0.5) is 10.1 Å². The number of carbonyl (C=O) groups is 2. The molecule has 7 nitrogen and oxygen atoms in total. The minimum atomic E-state index is -0.678. The Labute approximate surface area is 237 Å². The van der Waals surface area contributed by atoms with Gasteiger partial charge in [-0.25, -0.2) is 9.38 Å². The summed E-state index contributed by atoms with van der Waals surface area (Å²) in [7, 11) is 1.60. The van der Waals surface area contributed by atoms with Crippen LogP contribution >= 0.6 is 11.8 Å². The predicted octanol–water partition coefficient (Wildman–Crippen LogP) is 5.66. The van der Waals surface area contributed by atoms with Gasteiger partial charge in [-0.15, -0.1) is 0 Å². The highest BCUT2D eigenvalue weighted by atomic mass is 32.2. The van der Waals surface area contributed by atoms with Crippen LogP contribution in [0.3, 0.4) is 0 Å². The number of carbonyl (C=O) groups excluding carboxylic acids is 2. The molecule has 206 valence electrons. The van der Waals surface area contributed by atoms with Gasteiger partial charge in [0.05, 0.1) is 18.6 Å². The molecule has 1 N–H and O–H groups in total. The van der Waals surface area contributed by atoms with Gasteiger partial charge in [-0.2, -0.15) is 0 Å². The van der Waals surface area contributed by atoms with Gasteiger partial charge in [-0.05, 0) is 79.6 Å². The molecule has 3 aromatic rings. The Morgan fingerprint density at radius 3 is 2.33 bits per heavy atom. The summed E-state index contributed by atoms with van der Waals surface area (Å²) in [6.07, 6.45) is 1.13. The summed E-state index contributed by atoms with van der Waals surface area (Å²) in [4.78, 5) is 37.7. The zero-order chi connectivity index (χ0) is 28.3. The molecular formula is C31H31FN4O3S. The largest absolute Gasteiger partial charge is 0.497 e. The molecule has 40 heavy (non-hydrogen) atoms. The van der Waals surface area contributed by atoms with Gasteiger partial charge in [0.2, 0.25) is 5.91 Å². The maximum atomic E-state index is 13.3. The number of halogens is 1. The number of hydrogen-bond acceptors (Lipinski definition) is 6. The van der Waals surface area contributed by atoms with Crippen LogP contribution in [0.1, 0.15) is 39.9 Å². The maximum absolute atomic E-state index is 13.3. The SMILES string of the molecule is COc1ccc(NC(=O)CSC2=NC3(CCN(C(=O)c4ccc(F)cc4)CC3)N=C2c2ccc(C)c(C)c2)cc1. The van der Waals surface area contributed by atoms with Gasteiger partial charge in [0, 0.05) is 42.7 Å². The lowest BCUT2D eigenvalue weighted by Gasteiger charge is -2.35. The van der Waals surface area contributed by atoms with Crippen molar-refractivity contribution in [1.29, 1.82) is 0 Å². The Morgan fingerprint density at radius 2 is 1.68 bits per heavy atom. The van der Waals surface area contributed by atoms with E-state index < -0.39 is 5.66 Å². The van der Waals surface area contributed by atoms with Crippen LogP contribution in [-0.4, -0.2) is 59.1 Å². The molecule has 3 aromatic carbocycles. The van der Waals surface area contributed by atoms with E-state index in [1.165, 1.54) is 41.6 Å². The Kier molecular flexibility index (Phi) is 8.02. The number of aryl methyl sites for hydroxylation is 2. The van der Waals surface area contributed by atoms with Gasteiger partial charge in [0.1, 0.15) is 16.6 Å². The summed E-state index contributed by atoms with van der Waals surface area (Å²) in [5, 5.41) is 3.65. The third-order valence-corrected chi connectivity index (χ3v) is 8.23. The number of likely N-dealkylation sites (tertiary alicyclic amines) is 1. The van der Waals surface area contributed by atoms with Crippen molar-refractivity contribution in [2.24, 2.45) is 9.98 Å². The average Bonchev–Trinajstić information content (AvgIpc) is 3.32. The predicted molar refractivity (Wildman–Crippen MR) is 158 cm³/mol. The first kappa shape index (κ1) is 27.6. The second-order valence-corrected chi connectivity index (χ2v) is 11.0. The highest BCUT2D eigenvalue weighted by molar-refractivity contribution is 8.16. The van der Waals surface area contributed by atoms with Crippen molar-refractivity contribution in [3.05, 3.63) is 94.8 Å². The molecule has 1 saturated heterocycles. The fraction of sp³-hybridized carbons (Fsp3) is 0.290. The van der Waals surface area contributed by atoms with E-state index in [4.69, 9.17) is 14.7 Å². The fourth-order valence-corrected chi connectivity index (χ4v) is 5.65. The maximum Gasteiger partial charge on any atom is 0.253 e. The molecule has 0 unspecified atom stereocenters. The third-order valence-electron chi connectivity index (χ3n) is 7.27. The van der Waals surface area contributed by atoms with Crippen LogP contribution in [0.15, 0.2) is 76.7 Å². The van der Waals surface area contributed by atoms with Gasteiger partial charge in [0.25, 0.3) is 5.91 Å². The van der Waals surface area contributed by atoms with E-state index in [1.54, 1.807) is 36.3 Å². The van der Waals surface area contributed by atoms with E-state index in [2.05, 4.69) is 31.3 Å². The number of amides is 2. The Balaban J connectivity index is 1.31. The van der Waals surface area contributed by atoms with Crippen LogP contribution in [0.5, 0.6) is 5.75 Å². The van der Waals surface area contributed by atoms with Crippen LogP contribution in [0.25, 0.3) is 0 Å². The fourth-order valence-electron chi connectivity index (χ4n) is 4.77. The molecule has 0 bridgehead atoms. The molecule has 2 heterocycles. The summed E-state index contributed by atoms with van der Waals surface area (Å²) in [5.74, 6) is 0.265. The van der Waals surface area contributed by atoms with Crippen LogP contribution < -0.4 is 10.1 Å². The summed E-state index contributed by atoms with van der Waals surface area (Å²) >= 11 is 1.37. The molecule has 2 aliphatic heterocycles. The highest BCUT2D eigenvalue weighted by Gasteiger charge is 2.41. The number of hydrogen-bond donors (Lipinski definition) is 1. The second-order valence-electron chi connectivity index (χ2n) is 10.0. The summed E-state index contributed by atoms with van der Waals surface area (Å²) < 4.78 is 18.5. The first-order valence-corrected chi connectivity index (χ1v) is 14.1.